The first kappa shape index (κ1) is 12.8. The Balaban J connectivity index is 1.73. The lowest BCUT2D eigenvalue weighted by Gasteiger charge is -2.27. The number of hydrogen-bond acceptors (Lipinski definition) is 4. The van der Waals surface area contributed by atoms with E-state index in [9.17, 15) is 0 Å². The molecule has 0 amide bonds. The van der Waals surface area contributed by atoms with Gasteiger partial charge >= 0.3 is 0 Å². The second-order valence-electron chi connectivity index (χ2n) is 4.78. The Kier molecular flexibility index (Phi) is 3.63. The molecule has 1 aliphatic heterocycles. The monoisotopic (exact) mass is 321 g/mol. The molecule has 2 aromatic rings. The number of benzene rings is 1. The first-order chi connectivity index (χ1) is 9.26. The van der Waals surface area contributed by atoms with Crippen LogP contribution in [0.1, 0.15) is 17.0 Å². The molecular formula is C13H16BrN5. The van der Waals surface area contributed by atoms with E-state index >= 15 is 0 Å². The lowest BCUT2D eigenvalue weighted by Crippen LogP contribution is -2.33. The van der Waals surface area contributed by atoms with E-state index in [0.29, 0.717) is 6.54 Å². The highest BCUT2D eigenvalue weighted by Crippen LogP contribution is 2.22. The molecule has 1 aromatic heterocycles. The maximum absolute atomic E-state index is 5.65. The number of fused-ring (bicyclic) bond motifs is 1. The molecule has 3 rings (SSSR count). The van der Waals surface area contributed by atoms with E-state index in [1.165, 1.54) is 5.56 Å². The van der Waals surface area contributed by atoms with Crippen molar-refractivity contribution in [1.82, 2.24) is 19.7 Å². The van der Waals surface area contributed by atoms with Crippen molar-refractivity contribution in [3.8, 4) is 0 Å². The van der Waals surface area contributed by atoms with Crippen molar-refractivity contribution in [3.05, 3.63) is 46.0 Å². The van der Waals surface area contributed by atoms with E-state index in [1.807, 2.05) is 0 Å². The van der Waals surface area contributed by atoms with Crippen LogP contribution in [0.4, 0.5) is 0 Å². The van der Waals surface area contributed by atoms with Crippen molar-refractivity contribution in [3.63, 3.8) is 0 Å². The molecule has 5 nitrogen and oxygen atoms in total. The second kappa shape index (κ2) is 5.40. The van der Waals surface area contributed by atoms with E-state index in [4.69, 9.17) is 5.73 Å². The van der Waals surface area contributed by atoms with E-state index in [2.05, 4.69) is 53.8 Å². The van der Waals surface area contributed by atoms with Gasteiger partial charge in [-0.15, -0.1) is 10.2 Å². The molecule has 0 aliphatic carbocycles. The van der Waals surface area contributed by atoms with Crippen LogP contribution in [0.3, 0.4) is 0 Å². The van der Waals surface area contributed by atoms with Gasteiger partial charge in [-0.25, -0.2) is 0 Å². The molecule has 0 unspecified atom stereocenters. The minimum Gasteiger partial charge on any atom is -0.326 e. The van der Waals surface area contributed by atoms with E-state index in [-0.39, 0.29) is 0 Å². The largest absolute Gasteiger partial charge is 0.326 e. The van der Waals surface area contributed by atoms with Gasteiger partial charge in [-0.3, -0.25) is 4.90 Å². The highest BCUT2D eigenvalue weighted by molar-refractivity contribution is 9.10. The molecule has 0 bridgehead atoms. The summed E-state index contributed by atoms with van der Waals surface area (Å²) in [7, 11) is 0. The van der Waals surface area contributed by atoms with Crippen LogP contribution >= 0.6 is 15.9 Å². The highest BCUT2D eigenvalue weighted by Gasteiger charge is 2.18. The van der Waals surface area contributed by atoms with Crippen LogP contribution in [0.2, 0.25) is 0 Å². The number of nitrogens with two attached hydrogens (primary N) is 1. The Morgan fingerprint density at radius 3 is 3.00 bits per heavy atom. The zero-order valence-corrected chi connectivity index (χ0v) is 12.2. The summed E-state index contributed by atoms with van der Waals surface area (Å²) < 4.78 is 3.24. The Hall–Kier alpha value is -1.24. The fraction of sp³-hybridized carbons (Fsp3) is 0.385. The van der Waals surface area contributed by atoms with Crippen molar-refractivity contribution >= 4 is 15.9 Å². The quantitative estimate of drug-likeness (QED) is 0.931. The first-order valence-corrected chi connectivity index (χ1v) is 7.12. The Bertz CT molecular complexity index is 580. The normalized spacial score (nSPS) is 15.5. The molecule has 1 aliphatic rings. The van der Waals surface area contributed by atoms with Crippen molar-refractivity contribution in [2.75, 3.05) is 6.54 Å². The number of hydrogen-bond donors (Lipinski definition) is 1. The summed E-state index contributed by atoms with van der Waals surface area (Å²) in [6.07, 6.45) is 1.80. The minimum atomic E-state index is 0.575. The molecular weight excluding hydrogens is 306 g/mol. The molecule has 100 valence electrons. The minimum absolute atomic E-state index is 0.575. The smallest absolute Gasteiger partial charge is 0.147 e. The molecule has 19 heavy (non-hydrogen) atoms. The molecule has 2 heterocycles. The number of rotatable bonds is 3. The summed E-state index contributed by atoms with van der Waals surface area (Å²) in [5, 5.41) is 8.09. The number of aromatic nitrogens is 3. The molecule has 0 atom stereocenters. The molecule has 0 fully saturated rings. The Morgan fingerprint density at radius 2 is 2.21 bits per heavy atom. The van der Waals surface area contributed by atoms with Crippen molar-refractivity contribution in [2.24, 2.45) is 5.73 Å². The summed E-state index contributed by atoms with van der Waals surface area (Å²) in [6, 6.07) is 6.33. The lowest BCUT2D eigenvalue weighted by molar-refractivity contribution is 0.208. The average Bonchev–Trinajstić information content (AvgIpc) is 2.88. The van der Waals surface area contributed by atoms with Gasteiger partial charge in [-0.1, -0.05) is 28.1 Å². The zero-order chi connectivity index (χ0) is 13.2. The van der Waals surface area contributed by atoms with Gasteiger partial charge in [0.25, 0.3) is 0 Å². The lowest BCUT2D eigenvalue weighted by atomic mass is 10.1. The predicted molar refractivity (Wildman–Crippen MR) is 76.2 cm³/mol. The SMILES string of the molecule is NCc1ccc(CN2CCn3cnnc3C2)c(Br)c1. The molecule has 6 heteroatoms. The third-order valence-corrected chi connectivity index (χ3v) is 4.20. The van der Waals surface area contributed by atoms with Crippen LogP contribution in [-0.4, -0.2) is 26.2 Å². The Labute approximate surface area is 120 Å². The van der Waals surface area contributed by atoms with Crippen LogP contribution in [-0.2, 0) is 26.2 Å². The summed E-state index contributed by atoms with van der Waals surface area (Å²) in [4.78, 5) is 2.38. The van der Waals surface area contributed by atoms with E-state index in [0.717, 1.165) is 42.0 Å². The molecule has 1 aromatic carbocycles. The van der Waals surface area contributed by atoms with Crippen LogP contribution in [0.25, 0.3) is 0 Å². The zero-order valence-electron chi connectivity index (χ0n) is 10.6. The van der Waals surface area contributed by atoms with Gasteiger partial charge in [0, 0.05) is 30.7 Å². The maximum atomic E-state index is 5.65. The summed E-state index contributed by atoms with van der Waals surface area (Å²) in [5.74, 6) is 1.04. The second-order valence-corrected chi connectivity index (χ2v) is 5.64. The van der Waals surface area contributed by atoms with Gasteiger partial charge in [0.05, 0.1) is 6.54 Å². The van der Waals surface area contributed by atoms with Crippen molar-refractivity contribution < 1.29 is 0 Å². The maximum Gasteiger partial charge on any atom is 0.147 e. The van der Waals surface area contributed by atoms with E-state index in [1.54, 1.807) is 6.33 Å². The third kappa shape index (κ3) is 2.70. The summed E-state index contributed by atoms with van der Waals surface area (Å²) in [6.45, 7) is 4.33. The molecule has 2 N–H and O–H groups in total. The summed E-state index contributed by atoms with van der Waals surface area (Å²) >= 11 is 3.62. The van der Waals surface area contributed by atoms with Gasteiger partial charge in [-0.2, -0.15) is 0 Å². The number of nitrogens with zero attached hydrogens (tertiary/aromatic N) is 4. The van der Waals surface area contributed by atoms with Crippen LogP contribution < -0.4 is 5.73 Å². The van der Waals surface area contributed by atoms with Crippen LogP contribution in [0.5, 0.6) is 0 Å². The third-order valence-electron chi connectivity index (χ3n) is 3.47. The molecule has 0 saturated carbocycles. The standard InChI is InChI=1S/C13H16BrN5/c14-12-5-10(6-15)1-2-11(12)7-18-3-4-19-9-16-17-13(19)8-18/h1-2,5,9H,3-4,6-8,15H2. The molecule has 0 saturated heterocycles. The fourth-order valence-corrected chi connectivity index (χ4v) is 2.89. The topological polar surface area (TPSA) is 60.0 Å². The van der Waals surface area contributed by atoms with Crippen LogP contribution in [0.15, 0.2) is 29.0 Å². The van der Waals surface area contributed by atoms with Gasteiger partial charge < -0.3 is 10.3 Å². The van der Waals surface area contributed by atoms with Crippen molar-refractivity contribution in [1.29, 1.82) is 0 Å². The van der Waals surface area contributed by atoms with Gasteiger partial charge in [0.1, 0.15) is 12.2 Å². The van der Waals surface area contributed by atoms with Gasteiger partial charge in [0.15, 0.2) is 0 Å². The van der Waals surface area contributed by atoms with Gasteiger partial charge in [-0.05, 0) is 17.2 Å². The predicted octanol–water partition coefficient (Wildman–Crippen LogP) is 1.52. The van der Waals surface area contributed by atoms with E-state index < -0.39 is 0 Å². The average molecular weight is 322 g/mol. The Morgan fingerprint density at radius 1 is 1.32 bits per heavy atom. The summed E-state index contributed by atoms with van der Waals surface area (Å²) in [5.41, 5.74) is 8.07. The first-order valence-electron chi connectivity index (χ1n) is 6.32. The van der Waals surface area contributed by atoms with Crippen LogP contribution in [0, 0.1) is 0 Å². The molecule has 0 spiro atoms. The molecule has 0 radical (unpaired) electrons. The van der Waals surface area contributed by atoms with Gasteiger partial charge in [0.2, 0.25) is 0 Å². The number of halogens is 1. The fourth-order valence-electron chi connectivity index (χ4n) is 2.34. The highest BCUT2D eigenvalue weighted by atomic mass is 79.9. The van der Waals surface area contributed by atoms with Crippen molar-refractivity contribution in [2.45, 2.75) is 26.2 Å².